The lowest BCUT2D eigenvalue weighted by atomic mass is 10.0. The smallest absolute Gasteiger partial charge is 0.340 e. The number of aryl methyl sites for hydroxylation is 1. The van der Waals surface area contributed by atoms with Crippen LogP contribution in [0.1, 0.15) is 22.8 Å². The van der Waals surface area contributed by atoms with Gasteiger partial charge in [0.05, 0.1) is 17.9 Å². The normalized spacial score (nSPS) is 10.1. The van der Waals surface area contributed by atoms with E-state index in [1.807, 2.05) is 19.1 Å². The van der Waals surface area contributed by atoms with Crippen molar-refractivity contribution in [3.8, 4) is 11.3 Å². The van der Waals surface area contributed by atoms with Crippen molar-refractivity contribution >= 4 is 5.97 Å². The Balaban J connectivity index is 2.55. The van der Waals surface area contributed by atoms with Gasteiger partial charge in [0.2, 0.25) is 0 Å². The molecule has 0 aliphatic rings. The van der Waals surface area contributed by atoms with Gasteiger partial charge in [0, 0.05) is 24.2 Å². The fourth-order valence-corrected chi connectivity index (χ4v) is 1.74. The van der Waals surface area contributed by atoms with Gasteiger partial charge in [-0.2, -0.15) is 0 Å². The predicted molar refractivity (Wildman–Crippen MR) is 68.2 cm³/mol. The molecule has 4 heteroatoms. The van der Waals surface area contributed by atoms with Gasteiger partial charge in [-0.3, -0.25) is 9.97 Å². The van der Waals surface area contributed by atoms with Crippen molar-refractivity contribution in [3.63, 3.8) is 0 Å². The van der Waals surface area contributed by atoms with E-state index in [0.29, 0.717) is 17.9 Å². The van der Waals surface area contributed by atoms with Gasteiger partial charge in [-0.15, -0.1) is 0 Å². The molecule has 0 radical (unpaired) electrons. The molecule has 18 heavy (non-hydrogen) atoms. The molecule has 0 atom stereocenters. The predicted octanol–water partition coefficient (Wildman–Crippen LogP) is 2.63. The standard InChI is InChI=1S/C14H14N2O2/c1-3-18-14(17)12-10(2)6-8-16-13(12)11-5-4-7-15-9-11/h4-9H,3H2,1-2H3. The summed E-state index contributed by atoms with van der Waals surface area (Å²) in [6, 6.07) is 5.48. The van der Waals surface area contributed by atoms with Crippen LogP contribution in [0.4, 0.5) is 0 Å². The molecule has 92 valence electrons. The number of aromatic nitrogens is 2. The van der Waals surface area contributed by atoms with Crippen LogP contribution < -0.4 is 0 Å². The summed E-state index contributed by atoms with van der Waals surface area (Å²) >= 11 is 0. The van der Waals surface area contributed by atoms with Gasteiger partial charge in [0.15, 0.2) is 0 Å². The van der Waals surface area contributed by atoms with Gasteiger partial charge in [0.25, 0.3) is 0 Å². The Morgan fingerprint density at radius 3 is 2.83 bits per heavy atom. The van der Waals surface area contributed by atoms with E-state index in [0.717, 1.165) is 11.1 Å². The molecule has 0 bridgehead atoms. The first-order valence-electron chi connectivity index (χ1n) is 5.77. The average Bonchev–Trinajstić information content (AvgIpc) is 2.39. The highest BCUT2D eigenvalue weighted by atomic mass is 16.5. The minimum atomic E-state index is -0.345. The van der Waals surface area contributed by atoms with Crippen LogP contribution >= 0.6 is 0 Å². The SMILES string of the molecule is CCOC(=O)c1c(C)ccnc1-c1cccnc1. The second kappa shape index (κ2) is 5.40. The number of carbonyl (C=O) groups excluding carboxylic acids is 1. The van der Waals surface area contributed by atoms with Gasteiger partial charge < -0.3 is 4.74 Å². The fraction of sp³-hybridized carbons (Fsp3) is 0.214. The molecular formula is C14H14N2O2. The number of ether oxygens (including phenoxy) is 1. The molecule has 4 nitrogen and oxygen atoms in total. The van der Waals surface area contributed by atoms with Crippen LogP contribution in [-0.2, 0) is 4.74 Å². The Bertz CT molecular complexity index is 553. The number of nitrogens with zero attached hydrogens (tertiary/aromatic N) is 2. The van der Waals surface area contributed by atoms with E-state index in [-0.39, 0.29) is 5.97 Å². The molecule has 2 heterocycles. The lowest BCUT2D eigenvalue weighted by molar-refractivity contribution is 0.0526. The summed E-state index contributed by atoms with van der Waals surface area (Å²) in [5, 5.41) is 0. The maximum atomic E-state index is 12.0. The Morgan fingerprint density at radius 1 is 1.33 bits per heavy atom. The van der Waals surface area contributed by atoms with Crippen LogP contribution in [0.15, 0.2) is 36.8 Å². The maximum absolute atomic E-state index is 12.0. The minimum absolute atomic E-state index is 0.345. The van der Waals surface area contributed by atoms with Gasteiger partial charge in [-0.1, -0.05) is 0 Å². The Morgan fingerprint density at radius 2 is 2.17 bits per heavy atom. The molecule has 0 spiro atoms. The van der Waals surface area contributed by atoms with Crippen LogP contribution in [0.2, 0.25) is 0 Å². The van der Waals surface area contributed by atoms with Crippen LogP contribution in [-0.4, -0.2) is 22.5 Å². The van der Waals surface area contributed by atoms with E-state index in [2.05, 4.69) is 9.97 Å². The third kappa shape index (κ3) is 2.37. The van der Waals surface area contributed by atoms with E-state index < -0.39 is 0 Å². The van der Waals surface area contributed by atoms with Crippen molar-refractivity contribution < 1.29 is 9.53 Å². The van der Waals surface area contributed by atoms with Crippen molar-refractivity contribution in [2.24, 2.45) is 0 Å². The first-order chi connectivity index (χ1) is 8.74. The second-order valence-corrected chi connectivity index (χ2v) is 3.81. The second-order valence-electron chi connectivity index (χ2n) is 3.81. The highest BCUT2D eigenvalue weighted by Crippen LogP contribution is 2.23. The quantitative estimate of drug-likeness (QED) is 0.776. The molecule has 0 amide bonds. The molecule has 2 aromatic rings. The fourth-order valence-electron chi connectivity index (χ4n) is 1.74. The number of rotatable bonds is 3. The molecular weight excluding hydrogens is 228 g/mol. The number of carbonyl (C=O) groups is 1. The van der Waals surface area contributed by atoms with Gasteiger partial charge >= 0.3 is 5.97 Å². The summed E-state index contributed by atoms with van der Waals surface area (Å²) in [6.45, 7) is 4.00. The Hall–Kier alpha value is -2.23. The van der Waals surface area contributed by atoms with Crippen molar-refractivity contribution in [2.75, 3.05) is 6.61 Å². The van der Waals surface area contributed by atoms with E-state index in [1.165, 1.54) is 0 Å². The summed E-state index contributed by atoms with van der Waals surface area (Å²) < 4.78 is 5.07. The van der Waals surface area contributed by atoms with Gasteiger partial charge in [-0.25, -0.2) is 4.79 Å². The zero-order valence-electron chi connectivity index (χ0n) is 10.4. The van der Waals surface area contributed by atoms with E-state index in [9.17, 15) is 4.79 Å². The van der Waals surface area contributed by atoms with E-state index in [4.69, 9.17) is 4.74 Å². The Labute approximate surface area is 106 Å². The number of hydrogen-bond donors (Lipinski definition) is 0. The molecule has 2 aromatic heterocycles. The molecule has 0 saturated carbocycles. The zero-order chi connectivity index (χ0) is 13.0. The van der Waals surface area contributed by atoms with Crippen LogP contribution in [0.5, 0.6) is 0 Å². The molecule has 0 unspecified atom stereocenters. The molecule has 2 rings (SSSR count). The summed E-state index contributed by atoms with van der Waals surface area (Å²) in [7, 11) is 0. The maximum Gasteiger partial charge on any atom is 0.340 e. The number of esters is 1. The first-order valence-corrected chi connectivity index (χ1v) is 5.77. The third-order valence-electron chi connectivity index (χ3n) is 2.57. The number of hydrogen-bond acceptors (Lipinski definition) is 4. The molecule has 0 aliphatic heterocycles. The monoisotopic (exact) mass is 242 g/mol. The van der Waals surface area contributed by atoms with Crippen LogP contribution in [0.25, 0.3) is 11.3 Å². The van der Waals surface area contributed by atoms with Gasteiger partial charge in [0.1, 0.15) is 0 Å². The largest absolute Gasteiger partial charge is 0.462 e. The Kier molecular flexibility index (Phi) is 3.67. The van der Waals surface area contributed by atoms with Crippen molar-refractivity contribution in [2.45, 2.75) is 13.8 Å². The summed E-state index contributed by atoms with van der Waals surface area (Å²) in [5.74, 6) is -0.345. The topological polar surface area (TPSA) is 52.1 Å². The van der Waals surface area contributed by atoms with Crippen molar-refractivity contribution in [1.29, 1.82) is 0 Å². The first kappa shape index (κ1) is 12.2. The summed E-state index contributed by atoms with van der Waals surface area (Å²) in [4.78, 5) is 20.3. The van der Waals surface area contributed by atoms with Crippen LogP contribution in [0, 0.1) is 6.92 Å². The molecule has 0 saturated heterocycles. The highest BCUT2D eigenvalue weighted by molar-refractivity contribution is 5.97. The summed E-state index contributed by atoms with van der Waals surface area (Å²) in [6.07, 6.45) is 5.05. The van der Waals surface area contributed by atoms with Gasteiger partial charge in [-0.05, 0) is 37.6 Å². The summed E-state index contributed by atoms with van der Waals surface area (Å²) in [5.41, 5.74) is 2.78. The van der Waals surface area contributed by atoms with Crippen molar-refractivity contribution in [1.82, 2.24) is 9.97 Å². The van der Waals surface area contributed by atoms with E-state index >= 15 is 0 Å². The minimum Gasteiger partial charge on any atom is -0.462 e. The molecule has 0 aliphatic carbocycles. The van der Waals surface area contributed by atoms with E-state index in [1.54, 1.807) is 31.6 Å². The third-order valence-corrected chi connectivity index (χ3v) is 2.57. The number of pyridine rings is 2. The lowest BCUT2D eigenvalue weighted by Gasteiger charge is -2.10. The average molecular weight is 242 g/mol. The molecule has 0 fully saturated rings. The lowest BCUT2D eigenvalue weighted by Crippen LogP contribution is -2.09. The van der Waals surface area contributed by atoms with Crippen molar-refractivity contribution in [3.05, 3.63) is 47.9 Å². The zero-order valence-corrected chi connectivity index (χ0v) is 10.4. The molecule has 0 aromatic carbocycles. The highest BCUT2D eigenvalue weighted by Gasteiger charge is 2.17. The van der Waals surface area contributed by atoms with Crippen LogP contribution in [0.3, 0.4) is 0 Å². The molecule has 0 N–H and O–H groups in total.